The molecule has 3 aromatic rings. The third-order valence-electron chi connectivity index (χ3n) is 6.92. The van der Waals surface area contributed by atoms with Gasteiger partial charge in [-0.3, -0.25) is 9.59 Å². The highest BCUT2D eigenvalue weighted by molar-refractivity contribution is 14.1. The number of hydrogen-bond acceptors (Lipinski definition) is 3. The summed E-state index contributed by atoms with van der Waals surface area (Å²) in [6.45, 7) is 17.5. The number of aryl methyl sites for hydroxylation is 1. The molecule has 0 heterocycles. The first kappa shape index (κ1) is 38.3. The van der Waals surface area contributed by atoms with Gasteiger partial charge in [0.25, 0.3) is 0 Å². The molecule has 0 radical (unpaired) electrons. The maximum atomic E-state index is 12.0. The van der Waals surface area contributed by atoms with Gasteiger partial charge in [0.1, 0.15) is 17.3 Å². The predicted molar refractivity (Wildman–Crippen MR) is 198 cm³/mol. The Bertz CT molecular complexity index is 1380. The molecule has 0 saturated carbocycles. The number of hydrogen-bond donors (Lipinski definition) is 0. The quantitative estimate of drug-likeness (QED) is 0.138. The summed E-state index contributed by atoms with van der Waals surface area (Å²) >= 11 is 2.31. The zero-order chi connectivity index (χ0) is 33.5. The van der Waals surface area contributed by atoms with Crippen molar-refractivity contribution in [2.45, 2.75) is 100 Å². The van der Waals surface area contributed by atoms with Gasteiger partial charge in [-0.15, -0.1) is 0 Å². The van der Waals surface area contributed by atoms with Crippen LogP contribution in [-0.2, 0) is 22.4 Å². The fraction of sp³-hybridized carbons (Fsp3) is 0.463. The van der Waals surface area contributed by atoms with Gasteiger partial charge < -0.3 is 4.74 Å². The number of carbonyl (C=O) groups excluding carboxylic acids is 2. The molecule has 0 spiro atoms. The lowest BCUT2D eigenvalue weighted by molar-refractivity contribution is -0.122. The lowest BCUT2D eigenvalue weighted by Crippen LogP contribution is -2.16. The molecule has 0 N–H and O–H groups in total. The molecule has 3 rings (SSSR count). The molecule has 1 atom stereocenters. The zero-order valence-corrected chi connectivity index (χ0v) is 30.9. The van der Waals surface area contributed by atoms with Crippen molar-refractivity contribution in [1.82, 2.24) is 0 Å². The van der Waals surface area contributed by atoms with Gasteiger partial charge in [0.05, 0.1) is 6.61 Å². The van der Waals surface area contributed by atoms with Crippen LogP contribution >= 0.6 is 22.6 Å². The molecule has 0 aliphatic carbocycles. The van der Waals surface area contributed by atoms with E-state index in [4.69, 9.17) is 4.74 Å². The first-order valence-electron chi connectivity index (χ1n) is 16.2. The Morgan fingerprint density at radius 3 is 1.73 bits per heavy atom. The van der Waals surface area contributed by atoms with E-state index in [1.807, 2.05) is 43.3 Å². The normalized spacial score (nSPS) is 11.8. The predicted octanol–water partition coefficient (Wildman–Crippen LogP) is 10.7. The summed E-state index contributed by atoms with van der Waals surface area (Å²) in [4.78, 5) is 23.9. The highest BCUT2D eigenvalue weighted by Gasteiger charge is 2.18. The second-order valence-corrected chi connectivity index (χ2v) is 15.7. The number of ether oxygens (including phenoxy) is 1. The van der Waals surface area contributed by atoms with Crippen LogP contribution in [0, 0.1) is 32.2 Å². The maximum absolute atomic E-state index is 12.0. The van der Waals surface area contributed by atoms with Crippen molar-refractivity contribution in [2.75, 3.05) is 6.61 Å². The van der Waals surface area contributed by atoms with Crippen LogP contribution in [0.5, 0.6) is 5.75 Å². The fourth-order valence-corrected chi connectivity index (χ4v) is 5.38. The Kier molecular flexibility index (Phi) is 16.1. The number of ketones is 2. The second kappa shape index (κ2) is 18.9. The smallest absolute Gasteiger partial charge is 0.133 e. The average Bonchev–Trinajstić information content (AvgIpc) is 2.93. The molecule has 242 valence electrons. The van der Waals surface area contributed by atoms with Crippen LogP contribution in [0.15, 0.2) is 72.8 Å². The van der Waals surface area contributed by atoms with Crippen molar-refractivity contribution < 1.29 is 14.3 Å². The lowest BCUT2D eigenvalue weighted by atomic mass is 9.86. The van der Waals surface area contributed by atoms with Crippen LogP contribution in [0.4, 0.5) is 0 Å². The van der Waals surface area contributed by atoms with Crippen LogP contribution in [0.3, 0.4) is 0 Å². The van der Waals surface area contributed by atoms with Crippen LogP contribution in [0.1, 0.15) is 110 Å². The third-order valence-corrected chi connectivity index (χ3v) is 7.64. The van der Waals surface area contributed by atoms with Crippen molar-refractivity contribution in [3.05, 3.63) is 98.6 Å². The molecule has 0 aliphatic heterocycles. The van der Waals surface area contributed by atoms with Crippen molar-refractivity contribution in [1.29, 1.82) is 0 Å². The Morgan fingerprint density at radius 1 is 0.733 bits per heavy atom. The molecule has 0 bridgehead atoms. The fourth-order valence-electron chi connectivity index (χ4n) is 5.02. The van der Waals surface area contributed by atoms with E-state index in [1.54, 1.807) is 0 Å². The molecule has 0 amide bonds. The van der Waals surface area contributed by atoms with E-state index in [1.165, 1.54) is 14.7 Å². The van der Waals surface area contributed by atoms with Crippen molar-refractivity contribution in [2.24, 2.45) is 16.7 Å². The standard InChI is InChI=1S/C25H30O2.C16H23IO/c1-5-27-24-17-15-22(16-18-24)14-13-21-11-9-20(10-12-21)7-6-8-23(26)19-25(2,3)4;1-12(10-15(18)11-16(2,3)4)9-13-5-7-14(17)8-6-13/h9-12,15-18H,5-8,19H2,1-4H3;5-8,12H,9-11H2,1-4H3. The van der Waals surface area contributed by atoms with Gasteiger partial charge in [-0.1, -0.05) is 84.6 Å². The van der Waals surface area contributed by atoms with Gasteiger partial charge in [-0.25, -0.2) is 0 Å². The molecular weight excluding hydrogens is 667 g/mol. The molecule has 0 aromatic heterocycles. The SMILES string of the molecule is CC(CC(=O)CC(C)(C)C)Cc1ccc(I)cc1.CCOc1ccc(C#Cc2ccc(CCCC(=O)CC(C)(C)C)cc2)cc1. The summed E-state index contributed by atoms with van der Waals surface area (Å²) in [5.41, 5.74) is 4.74. The number of Topliss-reactive ketones (excluding diaryl/α,β-unsaturated/α-hetero) is 2. The highest BCUT2D eigenvalue weighted by Crippen LogP contribution is 2.23. The van der Waals surface area contributed by atoms with E-state index < -0.39 is 0 Å². The third kappa shape index (κ3) is 18.0. The summed E-state index contributed by atoms with van der Waals surface area (Å²) in [6, 6.07) is 24.7. The van der Waals surface area contributed by atoms with Crippen LogP contribution in [-0.4, -0.2) is 18.2 Å². The molecule has 3 aromatic carbocycles. The Balaban J connectivity index is 0.000000341. The first-order valence-corrected chi connectivity index (χ1v) is 17.3. The van der Waals surface area contributed by atoms with Gasteiger partial charge in [0.2, 0.25) is 0 Å². The molecule has 3 nitrogen and oxygen atoms in total. The van der Waals surface area contributed by atoms with Gasteiger partial charge in [-0.2, -0.15) is 0 Å². The summed E-state index contributed by atoms with van der Waals surface area (Å²) in [7, 11) is 0. The minimum atomic E-state index is 0.0841. The van der Waals surface area contributed by atoms with Crippen molar-refractivity contribution in [3.63, 3.8) is 0 Å². The van der Waals surface area contributed by atoms with Gasteiger partial charge >= 0.3 is 0 Å². The maximum Gasteiger partial charge on any atom is 0.133 e. The van der Waals surface area contributed by atoms with Gasteiger partial charge in [0, 0.05) is 40.4 Å². The summed E-state index contributed by atoms with van der Waals surface area (Å²) in [6.07, 6.45) is 5.54. The van der Waals surface area contributed by atoms with E-state index >= 15 is 0 Å². The molecule has 4 heteroatoms. The van der Waals surface area contributed by atoms with Crippen molar-refractivity contribution in [3.8, 4) is 17.6 Å². The van der Waals surface area contributed by atoms with Gasteiger partial charge in [0.15, 0.2) is 0 Å². The van der Waals surface area contributed by atoms with E-state index in [0.29, 0.717) is 49.8 Å². The van der Waals surface area contributed by atoms with Crippen molar-refractivity contribution >= 4 is 34.2 Å². The minimum absolute atomic E-state index is 0.0841. The van der Waals surface area contributed by atoms with Crippen LogP contribution in [0.25, 0.3) is 0 Å². The first-order chi connectivity index (χ1) is 21.1. The molecular formula is C41H53IO3. The van der Waals surface area contributed by atoms with E-state index in [2.05, 4.69) is 119 Å². The number of halogens is 1. The molecule has 0 saturated heterocycles. The molecule has 45 heavy (non-hydrogen) atoms. The monoisotopic (exact) mass is 720 g/mol. The van der Waals surface area contributed by atoms with Crippen LogP contribution in [0.2, 0.25) is 0 Å². The Morgan fingerprint density at radius 2 is 1.22 bits per heavy atom. The van der Waals surface area contributed by atoms with Gasteiger partial charge in [-0.05, 0) is 125 Å². The number of benzene rings is 3. The highest BCUT2D eigenvalue weighted by atomic mass is 127. The van der Waals surface area contributed by atoms with E-state index in [0.717, 1.165) is 36.1 Å². The molecule has 1 unspecified atom stereocenters. The molecule has 0 aliphatic rings. The number of rotatable bonds is 12. The summed E-state index contributed by atoms with van der Waals surface area (Å²) in [5, 5.41) is 0. The largest absolute Gasteiger partial charge is 0.494 e. The Hall–Kier alpha value is -2.91. The zero-order valence-electron chi connectivity index (χ0n) is 28.8. The van der Waals surface area contributed by atoms with E-state index in [9.17, 15) is 9.59 Å². The topological polar surface area (TPSA) is 43.4 Å². The summed E-state index contributed by atoms with van der Waals surface area (Å²) in [5.74, 6) is 8.42. The Labute approximate surface area is 287 Å². The van der Waals surface area contributed by atoms with E-state index in [-0.39, 0.29) is 10.8 Å². The minimum Gasteiger partial charge on any atom is -0.494 e. The lowest BCUT2D eigenvalue weighted by Gasteiger charge is -2.18. The summed E-state index contributed by atoms with van der Waals surface area (Å²) < 4.78 is 6.70. The number of carbonyl (C=O) groups is 2. The second-order valence-electron chi connectivity index (χ2n) is 14.4. The average molecular weight is 721 g/mol. The van der Waals surface area contributed by atoms with Crippen LogP contribution < -0.4 is 4.74 Å². The molecule has 0 fully saturated rings.